The first-order chi connectivity index (χ1) is 22.6. The molecule has 3 saturated carbocycles. The third-order valence-corrected chi connectivity index (χ3v) is 15.9. The summed E-state index contributed by atoms with van der Waals surface area (Å²) in [6.07, 6.45) is 12.5. The van der Waals surface area contributed by atoms with Gasteiger partial charge >= 0.3 is 0 Å². The number of carbonyl (C=O) groups excluding carboxylic acids is 1. The van der Waals surface area contributed by atoms with Crippen molar-refractivity contribution in [1.29, 1.82) is 0 Å². The number of fused-ring (bicyclic) bond motifs is 1. The molecule has 0 saturated heterocycles. The highest BCUT2D eigenvalue weighted by atomic mass is 32.2. The zero-order valence-corrected chi connectivity index (χ0v) is 30.5. The average Bonchev–Trinajstić information content (AvgIpc) is 3.60. The summed E-state index contributed by atoms with van der Waals surface area (Å²) in [5.74, 6) is 1.28. The lowest BCUT2D eigenvalue weighted by atomic mass is 9.32. The Morgan fingerprint density at radius 2 is 1.71 bits per heavy atom. The number of ether oxygens (including phenoxy) is 2. The van der Waals surface area contributed by atoms with Crippen LogP contribution in [-0.2, 0) is 16.6 Å². The van der Waals surface area contributed by atoms with Crippen LogP contribution in [0.2, 0.25) is 0 Å². The molecule has 8 nitrogen and oxygen atoms in total. The predicted molar refractivity (Wildman–Crippen MR) is 187 cm³/mol. The molecule has 0 amide bonds. The highest BCUT2D eigenvalue weighted by Crippen LogP contribution is 2.78. The minimum Gasteiger partial charge on any atom is -0.497 e. The SMILES string of the molecule is COc1ccc(CN(CC2(O)CCC3C45C=CC6(C=C4C(=O)c4ccc(C)s4)CC(O)CCC6(C)C5CCC32C)S(C)(=O)=O)c(OC)c1. The highest BCUT2D eigenvalue weighted by molar-refractivity contribution is 7.88. The lowest BCUT2D eigenvalue weighted by molar-refractivity contribution is -0.173. The van der Waals surface area contributed by atoms with E-state index in [1.54, 1.807) is 32.4 Å². The zero-order chi connectivity index (χ0) is 34.5. The van der Waals surface area contributed by atoms with Crippen LogP contribution in [0.25, 0.3) is 0 Å². The van der Waals surface area contributed by atoms with Gasteiger partial charge in [0.05, 0.1) is 37.1 Å². The summed E-state index contributed by atoms with van der Waals surface area (Å²) in [5.41, 5.74) is -1.62. The standard InChI is InChI=1S/C38H49NO7S2/c1-24-7-10-30(47-24)33(41)28-21-36-17-18-38(28)31(34(36,2)14-11-26(40)20-36)12-15-35(3)32(38)13-16-37(35,42)23-39(48(6,43)44)22-25-8-9-27(45-4)19-29(25)46-5/h7-10,17-19,21,26,31-32,40,42H,11-16,20,22-23H2,1-6H3. The first-order valence-corrected chi connectivity index (χ1v) is 19.8. The number of rotatable bonds is 9. The van der Waals surface area contributed by atoms with Crippen LogP contribution in [0, 0.1) is 40.4 Å². The molecule has 6 aliphatic carbocycles. The molecule has 8 atom stereocenters. The van der Waals surface area contributed by atoms with Crippen LogP contribution < -0.4 is 9.47 Å². The van der Waals surface area contributed by atoms with E-state index in [0.29, 0.717) is 36.3 Å². The minimum atomic E-state index is -3.74. The average molecular weight is 696 g/mol. The molecular formula is C38H49NO7S2. The van der Waals surface area contributed by atoms with Crippen LogP contribution in [0.15, 0.2) is 54.1 Å². The maximum Gasteiger partial charge on any atom is 0.211 e. The van der Waals surface area contributed by atoms with Crippen molar-refractivity contribution in [2.75, 3.05) is 27.0 Å². The number of sulfonamides is 1. The van der Waals surface area contributed by atoms with Gasteiger partial charge in [0.2, 0.25) is 10.0 Å². The molecule has 6 aliphatic rings. The summed E-state index contributed by atoms with van der Waals surface area (Å²) >= 11 is 1.52. The Morgan fingerprint density at radius 3 is 2.38 bits per heavy atom. The quantitative estimate of drug-likeness (QED) is 0.234. The van der Waals surface area contributed by atoms with Crippen molar-refractivity contribution in [3.63, 3.8) is 0 Å². The molecule has 0 aliphatic heterocycles. The first kappa shape index (κ1) is 34.0. The van der Waals surface area contributed by atoms with Crippen molar-refractivity contribution < 1.29 is 32.9 Å². The molecule has 0 radical (unpaired) electrons. The topological polar surface area (TPSA) is 113 Å². The number of aryl methyl sites for hydroxylation is 1. The zero-order valence-electron chi connectivity index (χ0n) is 28.9. The van der Waals surface area contributed by atoms with Gasteiger partial charge in [-0.25, -0.2) is 8.42 Å². The van der Waals surface area contributed by atoms with E-state index in [-0.39, 0.29) is 36.1 Å². The van der Waals surface area contributed by atoms with Crippen LogP contribution >= 0.6 is 11.3 Å². The van der Waals surface area contributed by atoms with Crippen LogP contribution in [-0.4, -0.2) is 67.4 Å². The number of thiophene rings is 1. The number of carbonyl (C=O) groups is 1. The van der Waals surface area contributed by atoms with Gasteiger partial charge < -0.3 is 19.7 Å². The Bertz CT molecular complexity index is 1820. The molecule has 8 rings (SSSR count). The molecule has 48 heavy (non-hydrogen) atoms. The van der Waals surface area contributed by atoms with Gasteiger partial charge in [-0.2, -0.15) is 4.31 Å². The van der Waals surface area contributed by atoms with Gasteiger partial charge in [-0.3, -0.25) is 4.79 Å². The van der Waals surface area contributed by atoms with Crippen LogP contribution in [0.3, 0.4) is 0 Å². The van der Waals surface area contributed by atoms with Gasteiger partial charge in [-0.05, 0) is 87.3 Å². The van der Waals surface area contributed by atoms with Crippen LogP contribution in [0.1, 0.15) is 78.9 Å². The smallest absolute Gasteiger partial charge is 0.211 e. The van der Waals surface area contributed by atoms with Crippen molar-refractivity contribution in [3.8, 4) is 11.5 Å². The molecule has 2 spiro atoms. The second-order valence-electron chi connectivity index (χ2n) is 15.8. The Morgan fingerprint density at radius 1 is 1.00 bits per heavy atom. The number of hydrogen-bond donors (Lipinski definition) is 2. The molecule has 3 fully saturated rings. The summed E-state index contributed by atoms with van der Waals surface area (Å²) in [6.45, 7) is 6.52. The van der Waals surface area contributed by atoms with Gasteiger partial charge in [0, 0.05) is 51.4 Å². The Labute approximate surface area is 288 Å². The van der Waals surface area contributed by atoms with Crippen molar-refractivity contribution in [2.24, 2.45) is 33.5 Å². The molecule has 2 bridgehead atoms. The maximum atomic E-state index is 14.7. The minimum absolute atomic E-state index is 0.0486. The normalized spacial score (nSPS) is 38.3. The summed E-state index contributed by atoms with van der Waals surface area (Å²) in [5, 5.41) is 23.8. The van der Waals surface area contributed by atoms with E-state index in [1.165, 1.54) is 21.9 Å². The van der Waals surface area contributed by atoms with Gasteiger partial charge in [0.15, 0.2) is 5.78 Å². The molecule has 2 N–H and O–H groups in total. The fourth-order valence-electron chi connectivity index (χ4n) is 11.0. The Hall–Kier alpha value is -2.50. The number of Topliss-reactive ketones (excluding diaryl/α,β-unsaturated/α-hetero) is 1. The predicted octanol–water partition coefficient (Wildman–Crippen LogP) is 6.31. The number of allylic oxidation sites excluding steroid dienone is 4. The van der Waals surface area contributed by atoms with E-state index in [0.717, 1.165) is 41.0 Å². The molecule has 2 aromatic rings. The molecule has 1 heterocycles. The van der Waals surface area contributed by atoms with E-state index >= 15 is 0 Å². The third kappa shape index (κ3) is 4.69. The number of methoxy groups -OCH3 is 2. The van der Waals surface area contributed by atoms with Gasteiger partial charge in [-0.1, -0.05) is 38.1 Å². The monoisotopic (exact) mass is 695 g/mol. The molecule has 260 valence electrons. The number of ketones is 1. The largest absolute Gasteiger partial charge is 0.497 e. The first-order valence-electron chi connectivity index (χ1n) is 17.2. The van der Waals surface area contributed by atoms with E-state index in [2.05, 4.69) is 32.1 Å². The fourth-order valence-corrected chi connectivity index (χ4v) is 12.7. The second-order valence-corrected chi connectivity index (χ2v) is 19.0. The van der Waals surface area contributed by atoms with Gasteiger partial charge in [-0.15, -0.1) is 11.3 Å². The summed E-state index contributed by atoms with van der Waals surface area (Å²) < 4.78 is 39.1. The molecular weight excluding hydrogens is 647 g/mol. The molecule has 10 heteroatoms. The number of hydrogen-bond acceptors (Lipinski definition) is 8. The number of aliphatic hydroxyl groups excluding tert-OH is 1. The second kappa shape index (κ2) is 11.3. The Balaban J connectivity index is 1.30. The lowest BCUT2D eigenvalue weighted by Gasteiger charge is -2.71. The van der Waals surface area contributed by atoms with Crippen molar-refractivity contribution in [3.05, 3.63) is 69.5 Å². The van der Waals surface area contributed by atoms with Crippen molar-refractivity contribution >= 4 is 27.1 Å². The van der Waals surface area contributed by atoms with Gasteiger partial charge in [0.1, 0.15) is 11.5 Å². The Kier molecular flexibility index (Phi) is 7.96. The number of aliphatic hydroxyl groups is 2. The van der Waals surface area contributed by atoms with E-state index in [1.807, 2.05) is 19.1 Å². The van der Waals surface area contributed by atoms with Crippen LogP contribution in [0.4, 0.5) is 0 Å². The maximum absolute atomic E-state index is 14.7. The van der Waals surface area contributed by atoms with Gasteiger partial charge in [0.25, 0.3) is 0 Å². The number of nitrogens with zero attached hydrogens (tertiary/aromatic N) is 1. The molecule has 1 aromatic carbocycles. The van der Waals surface area contributed by atoms with E-state index in [4.69, 9.17) is 9.47 Å². The summed E-state index contributed by atoms with van der Waals surface area (Å²) in [4.78, 5) is 16.5. The van der Waals surface area contributed by atoms with Crippen molar-refractivity contribution in [2.45, 2.75) is 84.0 Å². The summed E-state index contributed by atoms with van der Waals surface area (Å²) in [7, 11) is -0.620. The molecule has 1 aromatic heterocycles. The molecule has 8 unspecified atom stereocenters. The van der Waals surface area contributed by atoms with E-state index in [9.17, 15) is 23.4 Å². The third-order valence-electron chi connectivity index (χ3n) is 13.7. The van der Waals surface area contributed by atoms with Crippen molar-refractivity contribution in [1.82, 2.24) is 4.31 Å². The van der Waals surface area contributed by atoms with Crippen LogP contribution in [0.5, 0.6) is 11.5 Å². The highest BCUT2D eigenvalue weighted by Gasteiger charge is 2.74. The number of benzene rings is 1. The lowest BCUT2D eigenvalue weighted by Crippen LogP contribution is -2.67. The fraction of sp³-hybridized carbons (Fsp3) is 0.605. The summed E-state index contributed by atoms with van der Waals surface area (Å²) in [6, 6.07) is 9.25. The van der Waals surface area contributed by atoms with E-state index < -0.39 is 38.0 Å².